The van der Waals surface area contributed by atoms with Gasteiger partial charge >= 0.3 is 0 Å². The van der Waals surface area contributed by atoms with E-state index in [2.05, 4.69) is 24.0 Å². The maximum absolute atomic E-state index is 11.6. The predicted molar refractivity (Wildman–Crippen MR) is 74.2 cm³/mol. The fourth-order valence-electron chi connectivity index (χ4n) is 2.64. The van der Waals surface area contributed by atoms with E-state index in [1.54, 1.807) is 6.92 Å². The summed E-state index contributed by atoms with van der Waals surface area (Å²) in [5.74, 6) is 0.408. The number of H-pyrrole nitrogens is 1. The fraction of sp³-hybridized carbons (Fsp3) is 0.312. The van der Waals surface area contributed by atoms with Crippen LogP contribution in [0.25, 0.3) is 0 Å². The van der Waals surface area contributed by atoms with Gasteiger partial charge in [0.25, 0.3) is 0 Å². The van der Waals surface area contributed by atoms with E-state index in [9.17, 15) is 4.79 Å². The molecular weight excluding hydrogens is 222 g/mol. The van der Waals surface area contributed by atoms with Gasteiger partial charge in [0.1, 0.15) is 0 Å². The molecule has 0 aliphatic rings. The number of carbonyl (C=O) groups is 1. The summed E-state index contributed by atoms with van der Waals surface area (Å²) in [7, 11) is 0. The summed E-state index contributed by atoms with van der Waals surface area (Å²) in [5, 5.41) is 0. The van der Waals surface area contributed by atoms with E-state index in [0.717, 1.165) is 22.5 Å². The number of ketones is 1. The standard InChI is InChI=1S/C16H19NO/c1-10(14-8-6-5-7-9-14)16-11(2)15(13(4)18)12(3)17-16/h5-10,17H,1-4H3. The summed E-state index contributed by atoms with van der Waals surface area (Å²) in [4.78, 5) is 15.0. The van der Waals surface area contributed by atoms with Gasteiger partial charge in [-0.2, -0.15) is 0 Å². The molecule has 1 aromatic carbocycles. The highest BCUT2D eigenvalue weighted by atomic mass is 16.1. The Kier molecular flexibility index (Phi) is 3.37. The smallest absolute Gasteiger partial charge is 0.161 e. The SMILES string of the molecule is CC(=O)c1c(C)[nH]c(C(C)c2ccccc2)c1C. The first-order valence-corrected chi connectivity index (χ1v) is 6.27. The van der Waals surface area contributed by atoms with Crippen molar-refractivity contribution in [3.63, 3.8) is 0 Å². The third-order valence-electron chi connectivity index (χ3n) is 3.56. The van der Waals surface area contributed by atoms with Gasteiger partial charge in [-0.05, 0) is 31.9 Å². The molecule has 2 heteroatoms. The van der Waals surface area contributed by atoms with Crippen LogP contribution >= 0.6 is 0 Å². The molecule has 2 nitrogen and oxygen atoms in total. The first kappa shape index (κ1) is 12.6. The average Bonchev–Trinajstić information content (AvgIpc) is 2.65. The lowest BCUT2D eigenvalue weighted by molar-refractivity contribution is 0.101. The number of hydrogen-bond donors (Lipinski definition) is 1. The summed E-state index contributed by atoms with van der Waals surface area (Å²) in [6, 6.07) is 10.3. The lowest BCUT2D eigenvalue weighted by Crippen LogP contribution is -1.99. The number of benzene rings is 1. The van der Waals surface area contributed by atoms with E-state index in [1.165, 1.54) is 5.56 Å². The molecule has 1 atom stereocenters. The van der Waals surface area contributed by atoms with Crippen molar-refractivity contribution in [3.8, 4) is 0 Å². The number of aryl methyl sites for hydroxylation is 1. The molecule has 1 unspecified atom stereocenters. The second-order valence-electron chi connectivity index (χ2n) is 4.85. The van der Waals surface area contributed by atoms with Crippen LogP contribution in [0.5, 0.6) is 0 Å². The van der Waals surface area contributed by atoms with Crippen molar-refractivity contribution in [2.24, 2.45) is 0 Å². The molecule has 0 bridgehead atoms. The van der Waals surface area contributed by atoms with Gasteiger partial charge in [0.15, 0.2) is 5.78 Å². The van der Waals surface area contributed by atoms with Crippen LogP contribution in [-0.2, 0) is 0 Å². The maximum Gasteiger partial charge on any atom is 0.161 e. The van der Waals surface area contributed by atoms with Crippen molar-refractivity contribution in [2.75, 3.05) is 0 Å². The lowest BCUT2D eigenvalue weighted by Gasteiger charge is -2.11. The largest absolute Gasteiger partial charge is 0.361 e. The Morgan fingerprint density at radius 3 is 2.28 bits per heavy atom. The van der Waals surface area contributed by atoms with E-state index < -0.39 is 0 Å². The highest BCUT2D eigenvalue weighted by molar-refractivity contribution is 5.97. The van der Waals surface area contributed by atoms with Crippen molar-refractivity contribution < 1.29 is 4.79 Å². The maximum atomic E-state index is 11.6. The van der Waals surface area contributed by atoms with Crippen LogP contribution in [0.3, 0.4) is 0 Å². The molecule has 94 valence electrons. The Morgan fingerprint density at radius 1 is 1.17 bits per heavy atom. The summed E-state index contributed by atoms with van der Waals surface area (Å²) in [5.41, 5.74) is 5.29. The summed E-state index contributed by atoms with van der Waals surface area (Å²) in [6.07, 6.45) is 0. The molecule has 0 radical (unpaired) electrons. The van der Waals surface area contributed by atoms with Crippen LogP contribution in [-0.4, -0.2) is 10.8 Å². The molecule has 2 rings (SSSR count). The van der Waals surface area contributed by atoms with Crippen molar-refractivity contribution in [1.82, 2.24) is 4.98 Å². The first-order chi connectivity index (χ1) is 8.52. The van der Waals surface area contributed by atoms with Crippen LogP contribution in [0.15, 0.2) is 30.3 Å². The molecule has 0 saturated carbocycles. The number of aromatic amines is 1. The number of nitrogens with one attached hydrogen (secondary N) is 1. The number of hydrogen-bond acceptors (Lipinski definition) is 1. The summed E-state index contributed by atoms with van der Waals surface area (Å²) >= 11 is 0. The van der Waals surface area contributed by atoms with Gasteiger partial charge < -0.3 is 4.98 Å². The van der Waals surface area contributed by atoms with E-state index in [0.29, 0.717) is 0 Å². The third kappa shape index (κ3) is 2.10. The quantitative estimate of drug-likeness (QED) is 0.810. The molecule has 1 N–H and O–H groups in total. The molecule has 1 aromatic heterocycles. The summed E-state index contributed by atoms with van der Waals surface area (Å²) in [6.45, 7) is 7.78. The minimum absolute atomic E-state index is 0.132. The van der Waals surface area contributed by atoms with E-state index >= 15 is 0 Å². The lowest BCUT2D eigenvalue weighted by atomic mass is 9.94. The average molecular weight is 241 g/mol. The number of Topliss-reactive ketones (excluding diaryl/α,β-unsaturated/α-hetero) is 1. The normalized spacial score (nSPS) is 12.4. The number of aromatic nitrogens is 1. The molecule has 1 heterocycles. The van der Waals surface area contributed by atoms with Gasteiger partial charge in [0, 0.05) is 22.9 Å². The molecule has 0 spiro atoms. The Balaban J connectivity index is 2.47. The second-order valence-corrected chi connectivity index (χ2v) is 4.85. The highest BCUT2D eigenvalue weighted by Crippen LogP contribution is 2.29. The zero-order chi connectivity index (χ0) is 13.3. The number of rotatable bonds is 3. The van der Waals surface area contributed by atoms with Crippen molar-refractivity contribution in [3.05, 3.63) is 58.4 Å². The van der Waals surface area contributed by atoms with Crippen LogP contribution in [0, 0.1) is 13.8 Å². The van der Waals surface area contributed by atoms with Gasteiger partial charge in [-0.25, -0.2) is 0 Å². The van der Waals surface area contributed by atoms with E-state index in [1.807, 2.05) is 32.0 Å². The Morgan fingerprint density at radius 2 is 1.78 bits per heavy atom. The molecule has 0 aliphatic heterocycles. The van der Waals surface area contributed by atoms with Crippen LogP contribution in [0.4, 0.5) is 0 Å². The minimum atomic E-state index is 0.132. The second kappa shape index (κ2) is 4.81. The molecule has 2 aromatic rings. The van der Waals surface area contributed by atoms with Gasteiger partial charge in [-0.15, -0.1) is 0 Å². The number of carbonyl (C=O) groups excluding carboxylic acids is 1. The van der Waals surface area contributed by atoms with Gasteiger partial charge in [0.2, 0.25) is 0 Å². The fourth-order valence-corrected chi connectivity index (χ4v) is 2.64. The van der Waals surface area contributed by atoms with E-state index in [4.69, 9.17) is 0 Å². The molecule has 0 aliphatic carbocycles. The van der Waals surface area contributed by atoms with E-state index in [-0.39, 0.29) is 11.7 Å². The summed E-state index contributed by atoms with van der Waals surface area (Å²) < 4.78 is 0. The van der Waals surface area contributed by atoms with Gasteiger partial charge in [-0.3, -0.25) is 4.79 Å². The van der Waals surface area contributed by atoms with Crippen LogP contribution < -0.4 is 0 Å². The third-order valence-corrected chi connectivity index (χ3v) is 3.56. The van der Waals surface area contributed by atoms with Crippen LogP contribution in [0.1, 0.15) is 52.6 Å². The monoisotopic (exact) mass is 241 g/mol. The molecule has 0 fully saturated rings. The molecule has 0 saturated heterocycles. The Labute approximate surface area is 108 Å². The topological polar surface area (TPSA) is 32.9 Å². The minimum Gasteiger partial charge on any atom is -0.361 e. The van der Waals surface area contributed by atoms with Gasteiger partial charge in [0.05, 0.1) is 0 Å². The molecule has 0 amide bonds. The molecule has 18 heavy (non-hydrogen) atoms. The van der Waals surface area contributed by atoms with Crippen molar-refractivity contribution in [2.45, 2.75) is 33.6 Å². The zero-order valence-electron chi connectivity index (χ0n) is 11.4. The first-order valence-electron chi connectivity index (χ1n) is 6.27. The van der Waals surface area contributed by atoms with Crippen molar-refractivity contribution in [1.29, 1.82) is 0 Å². The zero-order valence-corrected chi connectivity index (χ0v) is 11.4. The van der Waals surface area contributed by atoms with Crippen LogP contribution in [0.2, 0.25) is 0 Å². The Hall–Kier alpha value is -1.83. The highest BCUT2D eigenvalue weighted by Gasteiger charge is 2.19. The Bertz CT molecular complexity index is 566. The predicted octanol–water partition coefficient (Wildman–Crippen LogP) is 3.99. The van der Waals surface area contributed by atoms with Crippen molar-refractivity contribution >= 4 is 5.78 Å². The molecular formula is C16H19NO. The van der Waals surface area contributed by atoms with Gasteiger partial charge in [-0.1, -0.05) is 37.3 Å².